The summed E-state index contributed by atoms with van der Waals surface area (Å²) < 4.78 is 37.1. The van der Waals surface area contributed by atoms with Gasteiger partial charge in [0.2, 0.25) is 0 Å². The van der Waals surface area contributed by atoms with Crippen molar-refractivity contribution in [2.24, 2.45) is 0 Å². The van der Waals surface area contributed by atoms with Crippen LogP contribution < -0.4 is 0 Å². The summed E-state index contributed by atoms with van der Waals surface area (Å²) in [5.74, 6) is 0.376. The van der Waals surface area contributed by atoms with Crippen LogP contribution in [0.3, 0.4) is 0 Å². The van der Waals surface area contributed by atoms with Crippen LogP contribution >= 0.6 is 0 Å². The molecule has 2 aromatic rings. The van der Waals surface area contributed by atoms with Crippen LogP contribution in [0.5, 0.6) is 0 Å². The molecule has 0 bridgehead atoms. The zero-order chi connectivity index (χ0) is 10.9. The molecule has 1 heterocycles. The maximum absolute atomic E-state index is 12.4. The smallest absolute Gasteiger partial charge is 0.344 e. The van der Waals surface area contributed by atoms with E-state index in [2.05, 4.69) is 16.2 Å². The van der Waals surface area contributed by atoms with Crippen molar-refractivity contribution in [1.29, 1.82) is 0 Å². The number of benzene rings is 1. The Morgan fingerprint density at radius 3 is 2.67 bits per heavy atom. The van der Waals surface area contributed by atoms with Crippen molar-refractivity contribution < 1.29 is 13.2 Å². The monoisotopic (exact) mass is 211 g/mol. The fourth-order valence-electron chi connectivity index (χ4n) is 1.22. The number of H-pyrrole nitrogens is 1. The molecule has 1 aromatic carbocycles. The second-order valence-corrected chi connectivity index (χ2v) is 2.96. The van der Waals surface area contributed by atoms with Crippen LogP contribution in [0.1, 0.15) is 5.56 Å². The molecule has 2 rings (SSSR count). The summed E-state index contributed by atoms with van der Waals surface area (Å²) in [5.41, 5.74) is -0.289. The Hall–Kier alpha value is -1.78. The first-order chi connectivity index (χ1) is 7.07. The molecule has 0 spiro atoms. The van der Waals surface area contributed by atoms with Crippen molar-refractivity contribution in [3.05, 3.63) is 42.2 Å². The summed E-state index contributed by atoms with van der Waals surface area (Å²) in [6, 6.07) is 4.98. The highest BCUT2D eigenvalue weighted by Gasteiger charge is 2.30. The van der Waals surface area contributed by atoms with Crippen LogP contribution in [-0.4, -0.2) is 9.97 Å². The summed E-state index contributed by atoms with van der Waals surface area (Å²) in [4.78, 5) is 6.46. The molecule has 1 aromatic heterocycles. The first kappa shape index (κ1) is 9.76. The average Bonchev–Trinajstić information content (AvgIpc) is 2.69. The Kier molecular flexibility index (Phi) is 2.22. The Balaban J connectivity index is 2.44. The summed E-state index contributed by atoms with van der Waals surface area (Å²) >= 11 is 0. The van der Waals surface area contributed by atoms with Crippen LogP contribution in [-0.2, 0) is 6.18 Å². The number of hydrogen-bond donors (Lipinski definition) is 1. The number of rotatable bonds is 1. The minimum Gasteiger partial charge on any atom is -0.344 e. The Morgan fingerprint density at radius 2 is 2.07 bits per heavy atom. The molecule has 0 unspecified atom stereocenters. The molecule has 0 fully saturated rings. The van der Waals surface area contributed by atoms with E-state index in [4.69, 9.17) is 0 Å². The second kappa shape index (κ2) is 3.42. The van der Waals surface area contributed by atoms with Crippen LogP contribution in [0.4, 0.5) is 13.2 Å². The first-order valence-corrected chi connectivity index (χ1v) is 4.16. The van der Waals surface area contributed by atoms with Crippen molar-refractivity contribution >= 4 is 0 Å². The van der Waals surface area contributed by atoms with E-state index in [1.165, 1.54) is 12.3 Å². The Labute approximate surface area is 83.8 Å². The van der Waals surface area contributed by atoms with Gasteiger partial charge in [-0.1, -0.05) is 12.1 Å². The molecule has 5 heteroatoms. The number of nitrogens with zero attached hydrogens (tertiary/aromatic N) is 1. The third-order valence-electron chi connectivity index (χ3n) is 1.91. The van der Waals surface area contributed by atoms with Gasteiger partial charge in [0.05, 0.1) is 5.56 Å². The number of alkyl halides is 3. The van der Waals surface area contributed by atoms with Gasteiger partial charge in [0, 0.05) is 11.8 Å². The number of aromatic nitrogens is 2. The lowest BCUT2D eigenvalue weighted by Crippen LogP contribution is -2.04. The van der Waals surface area contributed by atoms with Gasteiger partial charge in [0.1, 0.15) is 12.0 Å². The quantitative estimate of drug-likeness (QED) is 0.771. The molecule has 0 aliphatic heterocycles. The molecule has 0 aliphatic carbocycles. The van der Waals surface area contributed by atoms with Crippen molar-refractivity contribution in [1.82, 2.24) is 9.97 Å². The Morgan fingerprint density at radius 1 is 1.27 bits per heavy atom. The number of hydrogen-bond acceptors (Lipinski definition) is 1. The molecule has 0 saturated carbocycles. The lowest BCUT2D eigenvalue weighted by Gasteiger charge is -2.07. The highest BCUT2D eigenvalue weighted by Crippen LogP contribution is 2.31. The van der Waals surface area contributed by atoms with Gasteiger partial charge < -0.3 is 4.98 Å². The predicted molar refractivity (Wildman–Crippen MR) is 47.9 cm³/mol. The van der Waals surface area contributed by atoms with E-state index >= 15 is 0 Å². The zero-order valence-electron chi connectivity index (χ0n) is 7.47. The number of aromatic amines is 1. The zero-order valence-corrected chi connectivity index (χ0v) is 7.47. The lowest BCUT2D eigenvalue weighted by atomic mass is 10.1. The predicted octanol–water partition coefficient (Wildman–Crippen LogP) is 2.90. The third-order valence-corrected chi connectivity index (χ3v) is 1.91. The van der Waals surface area contributed by atoms with Gasteiger partial charge in [-0.25, -0.2) is 4.98 Å². The minimum absolute atomic E-state index is 0.376. The van der Waals surface area contributed by atoms with Crippen LogP contribution in [0.15, 0.2) is 30.5 Å². The molecule has 0 aliphatic rings. The maximum Gasteiger partial charge on any atom is 0.416 e. The molecule has 0 saturated heterocycles. The summed E-state index contributed by atoms with van der Waals surface area (Å²) in [6.07, 6.45) is -0.387. The topological polar surface area (TPSA) is 28.7 Å². The van der Waals surface area contributed by atoms with Gasteiger partial charge in [0.25, 0.3) is 0 Å². The van der Waals surface area contributed by atoms with Crippen molar-refractivity contribution in [2.45, 2.75) is 6.18 Å². The van der Waals surface area contributed by atoms with Gasteiger partial charge in [-0.15, -0.1) is 0 Å². The molecule has 0 amide bonds. The number of nitrogens with one attached hydrogen (secondary N) is 1. The average molecular weight is 211 g/mol. The molecule has 15 heavy (non-hydrogen) atoms. The first-order valence-electron chi connectivity index (χ1n) is 4.16. The molecule has 77 valence electrons. The Bertz CT molecular complexity index is 446. The molecule has 1 radical (unpaired) electrons. The fourth-order valence-corrected chi connectivity index (χ4v) is 1.22. The normalized spacial score (nSPS) is 11.7. The van der Waals surface area contributed by atoms with Gasteiger partial charge >= 0.3 is 6.18 Å². The van der Waals surface area contributed by atoms with E-state index in [0.29, 0.717) is 11.4 Å². The summed E-state index contributed by atoms with van der Waals surface area (Å²) in [7, 11) is 0. The largest absolute Gasteiger partial charge is 0.416 e. The second-order valence-electron chi connectivity index (χ2n) is 2.96. The van der Waals surface area contributed by atoms with Gasteiger partial charge in [-0.3, -0.25) is 0 Å². The van der Waals surface area contributed by atoms with E-state index in [0.717, 1.165) is 12.1 Å². The highest BCUT2D eigenvalue weighted by atomic mass is 19.4. The van der Waals surface area contributed by atoms with E-state index < -0.39 is 11.7 Å². The number of halogens is 3. The highest BCUT2D eigenvalue weighted by molar-refractivity contribution is 5.56. The molecular formula is C10H6F3N2. The van der Waals surface area contributed by atoms with Crippen molar-refractivity contribution in [2.75, 3.05) is 0 Å². The van der Waals surface area contributed by atoms with Crippen LogP contribution in [0.2, 0.25) is 0 Å². The van der Waals surface area contributed by atoms with Crippen LogP contribution in [0.25, 0.3) is 11.4 Å². The maximum atomic E-state index is 12.4. The third kappa shape index (κ3) is 2.01. The van der Waals surface area contributed by atoms with Crippen molar-refractivity contribution in [3.63, 3.8) is 0 Å². The number of imidazole rings is 1. The lowest BCUT2D eigenvalue weighted by molar-refractivity contribution is -0.137. The van der Waals surface area contributed by atoms with Gasteiger partial charge in [-0.2, -0.15) is 13.2 Å². The fraction of sp³-hybridized carbons (Fsp3) is 0.100. The summed E-state index contributed by atoms with van der Waals surface area (Å²) in [5, 5.41) is 0. The standard InChI is InChI=1S/C10H6F3N2/c11-10(12,13)8-3-1-2-7(6-8)9-14-4-5-15-9/h1-4,6H,(H,14,15). The van der Waals surface area contributed by atoms with Gasteiger partial charge in [-0.05, 0) is 12.1 Å². The summed E-state index contributed by atoms with van der Waals surface area (Å²) in [6.45, 7) is 0. The van der Waals surface area contributed by atoms with E-state index in [-0.39, 0.29) is 0 Å². The van der Waals surface area contributed by atoms with E-state index in [1.807, 2.05) is 0 Å². The van der Waals surface area contributed by atoms with E-state index in [9.17, 15) is 13.2 Å². The van der Waals surface area contributed by atoms with Crippen LogP contribution in [0, 0.1) is 6.20 Å². The van der Waals surface area contributed by atoms with Crippen molar-refractivity contribution in [3.8, 4) is 11.4 Å². The SMILES string of the molecule is FC(F)(F)c1cccc(-c2n[c]c[nH]2)c1. The minimum atomic E-state index is -4.33. The molecular weight excluding hydrogens is 205 g/mol. The molecule has 2 nitrogen and oxygen atoms in total. The molecule has 0 atom stereocenters. The molecule has 1 N–H and O–H groups in total. The van der Waals surface area contributed by atoms with E-state index in [1.54, 1.807) is 6.07 Å². The van der Waals surface area contributed by atoms with Gasteiger partial charge in [0.15, 0.2) is 0 Å².